The van der Waals surface area contributed by atoms with Crippen LogP contribution in [0.5, 0.6) is 5.75 Å². The Hall–Kier alpha value is -3.40. The molecule has 0 radical (unpaired) electrons. The maximum Gasteiger partial charge on any atom is 0.312 e. The fourth-order valence-corrected chi connectivity index (χ4v) is 3.23. The Kier molecular flexibility index (Phi) is 6.03. The van der Waals surface area contributed by atoms with E-state index in [9.17, 15) is 19.7 Å². The number of rotatable bonds is 4. The van der Waals surface area contributed by atoms with Gasteiger partial charge in [-0.3, -0.25) is 19.7 Å². The Morgan fingerprint density at radius 2 is 1.97 bits per heavy atom. The molecule has 0 bridgehead atoms. The van der Waals surface area contributed by atoms with E-state index in [0.29, 0.717) is 22.3 Å². The van der Waals surface area contributed by atoms with Crippen molar-refractivity contribution in [1.82, 2.24) is 9.66 Å². The van der Waals surface area contributed by atoms with Gasteiger partial charge < -0.3 is 4.74 Å². The van der Waals surface area contributed by atoms with Gasteiger partial charge in [0, 0.05) is 28.4 Å². The fraction of sp³-hybridized carbons (Fsp3) is 0.238. The molecule has 0 atom stereocenters. The molecule has 160 valence electrons. The maximum atomic E-state index is 13.1. The molecule has 9 nitrogen and oxygen atoms in total. The van der Waals surface area contributed by atoms with E-state index in [-0.39, 0.29) is 17.0 Å². The van der Waals surface area contributed by atoms with Gasteiger partial charge in [-0.25, -0.2) is 4.98 Å². The Morgan fingerprint density at radius 3 is 2.58 bits per heavy atom. The molecule has 10 heteroatoms. The number of halogens is 1. The number of carbonyl (C=O) groups is 1. The zero-order valence-corrected chi connectivity index (χ0v) is 18.8. The van der Waals surface area contributed by atoms with E-state index in [1.54, 1.807) is 18.2 Å². The highest BCUT2D eigenvalue weighted by molar-refractivity contribution is 9.10. The van der Waals surface area contributed by atoms with Gasteiger partial charge in [0.2, 0.25) is 5.75 Å². The van der Waals surface area contributed by atoms with Crippen LogP contribution in [0.15, 0.2) is 50.8 Å². The van der Waals surface area contributed by atoms with Crippen molar-refractivity contribution in [1.29, 1.82) is 0 Å². The SMILES string of the molecule is CC(=O)Oc1ccc(C=Nn2c(C(C)(C)C)nc3ccc(Br)cc3c2=O)cc1[N+](=O)[O-]. The van der Waals surface area contributed by atoms with Crippen LogP contribution in [0.2, 0.25) is 0 Å². The second-order valence-electron chi connectivity index (χ2n) is 7.79. The van der Waals surface area contributed by atoms with Gasteiger partial charge in [0.05, 0.1) is 22.0 Å². The second-order valence-corrected chi connectivity index (χ2v) is 8.70. The third kappa shape index (κ3) is 4.85. The molecule has 0 saturated heterocycles. The van der Waals surface area contributed by atoms with Crippen molar-refractivity contribution in [3.8, 4) is 5.75 Å². The van der Waals surface area contributed by atoms with Crippen molar-refractivity contribution in [2.75, 3.05) is 0 Å². The first-order valence-corrected chi connectivity index (χ1v) is 10.0. The quantitative estimate of drug-likeness (QED) is 0.179. The molecule has 0 amide bonds. The average molecular weight is 487 g/mol. The number of aromatic nitrogens is 2. The lowest BCUT2D eigenvalue weighted by Crippen LogP contribution is -2.29. The van der Waals surface area contributed by atoms with Crippen molar-refractivity contribution in [3.63, 3.8) is 0 Å². The van der Waals surface area contributed by atoms with E-state index in [1.807, 2.05) is 20.8 Å². The molecule has 0 spiro atoms. The van der Waals surface area contributed by atoms with Crippen LogP contribution in [0.1, 0.15) is 39.1 Å². The van der Waals surface area contributed by atoms with Gasteiger partial charge in [-0.1, -0.05) is 36.7 Å². The van der Waals surface area contributed by atoms with E-state index in [2.05, 4.69) is 26.0 Å². The van der Waals surface area contributed by atoms with Gasteiger partial charge in [-0.2, -0.15) is 9.78 Å². The van der Waals surface area contributed by atoms with Crippen molar-refractivity contribution < 1.29 is 14.5 Å². The molecule has 0 unspecified atom stereocenters. The average Bonchev–Trinajstić information content (AvgIpc) is 2.67. The summed E-state index contributed by atoms with van der Waals surface area (Å²) in [6.07, 6.45) is 1.33. The van der Waals surface area contributed by atoms with E-state index in [0.717, 1.165) is 11.4 Å². The van der Waals surface area contributed by atoms with E-state index in [1.165, 1.54) is 29.1 Å². The Balaban J connectivity index is 2.15. The number of nitro groups is 1. The molecule has 3 aromatic rings. The smallest absolute Gasteiger partial charge is 0.312 e. The first kappa shape index (κ1) is 22.3. The number of fused-ring (bicyclic) bond motifs is 1. The molecule has 1 heterocycles. The van der Waals surface area contributed by atoms with Crippen molar-refractivity contribution in [3.05, 3.63) is 72.7 Å². The summed E-state index contributed by atoms with van der Waals surface area (Å²) in [5.41, 5.74) is -0.348. The van der Waals surface area contributed by atoms with Crippen molar-refractivity contribution in [2.24, 2.45) is 5.10 Å². The van der Waals surface area contributed by atoms with Crippen LogP contribution in [0.4, 0.5) is 5.69 Å². The summed E-state index contributed by atoms with van der Waals surface area (Å²) < 4.78 is 6.80. The summed E-state index contributed by atoms with van der Waals surface area (Å²) in [7, 11) is 0. The predicted octanol–water partition coefficient (Wildman–Crippen LogP) is 4.17. The normalized spacial score (nSPS) is 11.8. The minimum Gasteiger partial charge on any atom is -0.419 e. The molecular weight excluding hydrogens is 468 g/mol. The van der Waals surface area contributed by atoms with E-state index in [4.69, 9.17) is 4.74 Å². The number of ether oxygens (including phenoxy) is 1. The number of benzene rings is 2. The summed E-state index contributed by atoms with van der Waals surface area (Å²) in [5, 5.41) is 16.0. The summed E-state index contributed by atoms with van der Waals surface area (Å²) in [4.78, 5) is 39.6. The minimum absolute atomic E-state index is 0.167. The van der Waals surface area contributed by atoms with Gasteiger partial charge in [0.25, 0.3) is 5.56 Å². The first-order valence-electron chi connectivity index (χ1n) is 9.21. The molecule has 0 N–H and O–H groups in total. The van der Waals surface area contributed by atoms with Gasteiger partial charge >= 0.3 is 11.7 Å². The van der Waals surface area contributed by atoms with Crippen molar-refractivity contribution >= 4 is 44.7 Å². The summed E-state index contributed by atoms with van der Waals surface area (Å²) in [6, 6.07) is 9.25. The second kappa shape index (κ2) is 8.38. The molecule has 0 saturated carbocycles. The lowest BCUT2D eigenvalue weighted by molar-refractivity contribution is -0.385. The van der Waals surface area contributed by atoms with E-state index >= 15 is 0 Å². The van der Waals surface area contributed by atoms with Crippen LogP contribution in [-0.4, -0.2) is 26.8 Å². The third-order valence-electron chi connectivity index (χ3n) is 4.23. The highest BCUT2D eigenvalue weighted by Gasteiger charge is 2.23. The monoisotopic (exact) mass is 486 g/mol. The first-order chi connectivity index (χ1) is 14.5. The van der Waals surface area contributed by atoms with Crippen LogP contribution >= 0.6 is 15.9 Å². The summed E-state index contributed by atoms with van der Waals surface area (Å²) in [6.45, 7) is 6.88. The van der Waals surface area contributed by atoms with E-state index < -0.39 is 16.3 Å². The molecule has 0 aliphatic carbocycles. The van der Waals surface area contributed by atoms with Crippen LogP contribution in [0.25, 0.3) is 10.9 Å². The Morgan fingerprint density at radius 1 is 1.26 bits per heavy atom. The van der Waals surface area contributed by atoms with Crippen LogP contribution in [0.3, 0.4) is 0 Å². The zero-order valence-electron chi connectivity index (χ0n) is 17.2. The topological polar surface area (TPSA) is 117 Å². The number of esters is 1. The minimum atomic E-state index is -0.667. The van der Waals surface area contributed by atoms with Gasteiger partial charge in [-0.15, -0.1) is 0 Å². The van der Waals surface area contributed by atoms with Gasteiger partial charge in [0.15, 0.2) is 0 Å². The van der Waals surface area contributed by atoms with Crippen LogP contribution in [0, 0.1) is 10.1 Å². The molecular formula is C21H19BrN4O5. The number of hydrogen-bond acceptors (Lipinski definition) is 7. The largest absolute Gasteiger partial charge is 0.419 e. The number of nitro benzene ring substituents is 1. The summed E-state index contributed by atoms with van der Waals surface area (Å²) in [5.74, 6) is -0.395. The highest BCUT2D eigenvalue weighted by atomic mass is 79.9. The zero-order chi connectivity index (χ0) is 22.9. The van der Waals surface area contributed by atoms with Crippen LogP contribution < -0.4 is 10.3 Å². The van der Waals surface area contributed by atoms with Gasteiger partial charge in [-0.05, 0) is 30.3 Å². The molecule has 0 fully saturated rings. The van der Waals surface area contributed by atoms with Crippen molar-refractivity contribution in [2.45, 2.75) is 33.1 Å². The Labute approximate surface area is 185 Å². The number of carbonyl (C=O) groups excluding carboxylic acids is 1. The van der Waals surface area contributed by atoms with Gasteiger partial charge in [0.1, 0.15) is 5.82 Å². The standard InChI is InChI=1S/C21H19BrN4O5/c1-12(27)31-18-8-5-13(9-17(18)26(29)30)11-23-25-19(28)15-10-14(22)6-7-16(15)24-20(25)21(2,3)4/h5-11H,1-4H3. The maximum absolute atomic E-state index is 13.1. The third-order valence-corrected chi connectivity index (χ3v) is 4.73. The highest BCUT2D eigenvalue weighted by Crippen LogP contribution is 2.28. The fourth-order valence-electron chi connectivity index (χ4n) is 2.86. The lowest BCUT2D eigenvalue weighted by Gasteiger charge is -2.20. The molecule has 0 aliphatic rings. The lowest BCUT2D eigenvalue weighted by atomic mass is 9.95. The number of nitrogens with zero attached hydrogens (tertiary/aromatic N) is 4. The molecule has 3 rings (SSSR count). The molecule has 0 aliphatic heterocycles. The molecule has 2 aromatic carbocycles. The number of hydrogen-bond donors (Lipinski definition) is 0. The molecule has 1 aromatic heterocycles. The van der Waals surface area contributed by atoms with Crippen LogP contribution in [-0.2, 0) is 10.2 Å². The molecule has 31 heavy (non-hydrogen) atoms. The Bertz CT molecular complexity index is 1290. The summed E-state index contributed by atoms with van der Waals surface area (Å²) >= 11 is 3.36. The predicted molar refractivity (Wildman–Crippen MR) is 120 cm³/mol.